The van der Waals surface area contributed by atoms with Crippen molar-refractivity contribution >= 4 is 17.6 Å². The third-order valence-corrected chi connectivity index (χ3v) is 3.09. The highest BCUT2D eigenvalue weighted by molar-refractivity contribution is 6.33. The van der Waals surface area contributed by atoms with Gasteiger partial charge in [-0.05, 0) is 37.6 Å². The molecule has 4 nitrogen and oxygen atoms in total. The summed E-state index contributed by atoms with van der Waals surface area (Å²) < 4.78 is 14.4. The van der Waals surface area contributed by atoms with E-state index in [1.807, 2.05) is 0 Å². The van der Waals surface area contributed by atoms with Gasteiger partial charge >= 0.3 is 5.97 Å². The number of nitrogens with zero attached hydrogens (tertiary/aromatic N) is 2. The van der Waals surface area contributed by atoms with E-state index in [0.717, 1.165) is 0 Å². The second kappa shape index (κ2) is 4.42. The summed E-state index contributed by atoms with van der Waals surface area (Å²) in [6.07, 6.45) is 0. The van der Waals surface area contributed by atoms with Gasteiger partial charge in [-0.2, -0.15) is 5.10 Å². The highest BCUT2D eigenvalue weighted by atomic mass is 35.5. The Balaban J connectivity index is 2.64. The lowest BCUT2D eigenvalue weighted by atomic mass is 10.2. The normalized spacial score (nSPS) is 10.7. The summed E-state index contributed by atoms with van der Waals surface area (Å²) in [7, 11) is 0. The molecular weight excluding hydrogens is 259 g/mol. The van der Waals surface area contributed by atoms with Crippen LogP contribution in [0.1, 0.15) is 21.7 Å². The van der Waals surface area contributed by atoms with Gasteiger partial charge in [0, 0.05) is 0 Å². The molecule has 0 amide bonds. The predicted molar refractivity (Wildman–Crippen MR) is 65.0 cm³/mol. The summed E-state index contributed by atoms with van der Waals surface area (Å²) in [5.41, 5.74) is 1.54. The molecule has 6 heteroatoms. The number of hydrogen-bond acceptors (Lipinski definition) is 2. The van der Waals surface area contributed by atoms with Gasteiger partial charge in [-0.1, -0.05) is 11.6 Å². The number of carboxylic acids is 1. The molecule has 0 saturated carbocycles. The number of hydrogen-bond donors (Lipinski definition) is 1. The Morgan fingerprint density at radius 2 is 2.11 bits per heavy atom. The van der Waals surface area contributed by atoms with E-state index in [-0.39, 0.29) is 16.5 Å². The van der Waals surface area contributed by atoms with Crippen LogP contribution in [-0.4, -0.2) is 20.9 Å². The molecule has 94 valence electrons. The molecule has 18 heavy (non-hydrogen) atoms. The van der Waals surface area contributed by atoms with E-state index in [0.29, 0.717) is 16.9 Å². The molecule has 0 aliphatic carbocycles. The maximum absolute atomic E-state index is 13.0. The van der Waals surface area contributed by atoms with Crippen LogP contribution in [0.4, 0.5) is 4.39 Å². The maximum Gasteiger partial charge on any atom is 0.358 e. The van der Waals surface area contributed by atoms with Gasteiger partial charge in [0.2, 0.25) is 0 Å². The van der Waals surface area contributed by atoms with Gasteiger partial charge in [-0.3, -0.25) is 0 Å². The minimum absolute atomic E-state index is 0.0891. The molecule has 1 aromatic carbocycles. The van der Waals surface area contributed by atoms with E-state index in [1.165, 1.54) is 22.9 Å². The van der Waals surface area contributed by atoms with E-state index in [2.05, 4.69) is 5.10 Å². The number of aryl methyl sites for hydroxylation is 1. The molecule has 0 atom stereocenters. The van der Waals surface area contributed by atoms with Gasteiger partial charge in [-0.15, -0.1) is 0 Å². The summed E-state index contributed by atoms with van der Waals surface area (Å²) in [5.74, 6) is -1.55. The fourth-order valence-electron chi connectivity index (χ4n) is 1.71. The van der Waals surface area contributed by atoms with Crippen LogP contribution in [0.5, 0.6) is 0 Å². The summed E-state index contributed by atoms with van der Waals surface area (Å²) in [6, 6.07) is 4.18. The zero-order chi connectivity index (χ0) is 13.4. The monoisotopic (exact) mass is 268 g/mol. The first-order valence-corrected chi connectivity index (χ1v) is 5.54. The molecule has 0 aliphatic heterocycles. The SMILES string of the molecule is Cc1cc(F)ccc1-n1nc(C(=O)O)c(Cl)c1C. The highest BCUT2D eigenvalue weighted by Gasteiger charge is 2.20. The molecule has 0 fully saturated rings. The second-order valence-corrected chi connectivity index (χ2v) is 4.27. The van der Waals surface area contributed by atoms with Crippen LogP contribution in [0.25, 0.3) is 5.69 Å². The molecule has 0 spiro atoms. The largest absolute Gasteiger partial charge is 0.476 e. The second-order valence-electron chi connectivity index (χ2n) is 3.90. The molecule has 1 aromatic heterocycles. The van der Waals surface area contributed by atoms with Gasteiger partial charge < -0.3 is 5.11 Å². The standard InChI is InChI=1S/C12H10ClFN2O2/c1-6-5-8(14)3-4-9(6)16-7(2)10(13)11(15-16)12(17)18/h3-5H,1-2H3,(H,17,18). The highest BCUT2D eigenvalue weighted by Crippen LogP contribution is 2.24. The zero-order valence-corrected chi connectivity index (χ0v) is 10.5. The molecule has 2 rings (SSSR count). The Kier molecular flexibility index (Phi) is 3.09. The first kappa shape index (κ1) is 12.6. The van der Waals surface area contributed by atoms with E-state index >= 15 is 0 Å². The lowest BCUT2D eigenvalue weighted by Gasteiger charge is -2.07. The Bertz CT molecular complexity index is 637. The minimum Gasteiger partial charge on any atom is -0.476 e. The predicted octanol–water partition coefficient (Wildman–Crippen LogP) is 2.98. The van der Waals surface area contributed by atoms with Crippen LogP contribution < -0.4 is 0 Å². The van der Waals surface area contributed by atoms with Crippen LogP contribution >= 0.6 is 11.6 Å². The van der Waals surface area contributed by atoms with Crippen LogP contribution in [0.15, 0.2) is 18.2 Å². The molecule has 0 unspecified atom stereocenters. The molecule has 1 heterocycles. The summed E-state index contributed by atoms with van der Waals surface area (Å²) in [5, 5.41) is 13.0. The number of carbonyl (C=O) groups is 1. The molecule has 2 aromatic rings. The van der Waals surface area contributed by atoms with Gasteiger partial charge in [0.25, 0.3) is 0 Å². The number of carboxylic acid groups (broad SMARTS) is 1. The fraction of sp³-hybridized carbons (Fsp3) is 0.167. The van der Waals surface area contributed by atoms with Crippen molar-refractivity contribution in [1.29, 1.82) is 0 Å². The first-order chi connectivity index (χ1) is 8.41. The fourth-order valence-corrected chi connectivity index (χ4v) is 1.91. The maximum atomic E-state index is 13.0. The quantitative estimate of drug-likeness (QED) is 0.911. The van der Waals surface area contributed by atoms with Crippen LogP contribution in [-0.2, 0) is 0 Å². The third kappa shape index (κ3) is 1.97. The van der Waals surface area contributed by atoms with E-state index in [1.54, 1.807) is 13.8 Å². The number of rotatable bonds is 2. The Labute approximate surface area is 108 Å². The summed E-state index contributed by atoms with van der Waals surface area (Å²) in [4.78, 5) is 10.9. The minimum atomic E-state index is -1.19. The van der Waals surface area contributed by atoms with Crippen molar-refractivity contribution in [2.45, 2.75) is 13.8 Å². The van der Waals surface area contributed by atoms with E-state index in [9.17, 15) is 9.18 Å². The van der Waals surface area contributed by atoms with Crippen molar-refractivity contribution in [1.82, 2.24) is 9.78 Å². The van der Waals surface area contributed by atoms with Crippen molar-refractivity contribution < 1.29 is 14.3 Å². The van der Waals surface area contributed by atoms with Gasteiger partial charge in [0.1, 0.15) is 5.82 Å². The van der Waals surface area contributed by atoms with Gasteiger partial charge in [0.15, 0.2) is 5.69 Å². The van der Waals surface area contributed by atoms with Crippen molar-refractivity contribution in [3.05, 3.63) is 46.0 Å². The van der Waals surface area contributed by atoms with E-state index < -0.39 is 5.97 Å². The topological polar surface area (TPSA) is 55.1 Å². The molecule has 0 aliphatic rings. The molecular formula is C12H10ClFN2O2. The van der Waals surface area contributed by atoms with Gasteiger partial charge in [-0.25, -0.2) is 13.9 Å². The lowest BCUT2D eigenvalue weighted by molar-refractivity contribution is 0.0690. The summed E-state index contributed by atoms with van der Waals surface area (Å²) in [6.45, 7) is 3.37. The smallest absolute Gasteiger partial charge is 0.358 e. The Morgan fingerprint density at radius 1 is 1.44 bits per heavy atom. The number of benzene rings is 1. The molecule has 0 radical (unpaired) electrons. The molecule has 0 bridgehead atoms. The van der Waals surface area contributed by atoms with Crippen molar-refractivity contribution in [3.63, 3.8) is 0 Å². The zero-order valence-electron chi connectivity index (χ0n) is 9.74. The van der Waals surface area contributed by atoms with Crippen LogP contribution in [0.3, 0.4) is 0 Å². The van der Waals surface area contributed by atoms with Crippen LogP contribution in [0, 0.1) is 19.7 Å². The number of aromatic nitrogens is 2. The van der Waals surface area contributed by atoms with Crippen molar-refractivity contribution in [2.24, 2.45) is 0 Å². The lowest BCUT2D eigenvalue weighted by Crippen LogP contribution is -2.04. The molecule has 1 N–H and O–H groups in total. The average Bonchev–Trinajstić information content (AvgIpc) is 2.57. The first-order valence-electron chi connectivity index (χ1n) is 5.16. The van der Waals surface area contributed by atoms with Gasteiger partial charge in [0.05, 0.1) is 16.4 Å². The average molecular weight is 269 g/mol. The molecule has 0 saturated heterocycles. The van der Waals surface area contributed by atoms with Crippen molar-refractivity contribution in [3.8, 4) is 5.69 Å². The van der Waals surface area contributed by atoms with Crippen molar-refractivity contribution in [2.75, 3.05) is 0 Å². The number of aromatic carboxylic acids is 1. The Hall–Kier alpha value is -1.88. The third-order valence-electron chi connectivity index (χ3n) is 2.63. The summed E-state index contributed by atoms with van der Waals surface area (Å²) >= 11 is 5.90. The number of halogens is 2. The Morgan fingerprint density at radius 3 is 2.61 bits per heavy atom. The van der Waals surface area contributed by atoms with E-state index in [4.69, 9.17) is 16.7 Å². The van der Waals surface area contributed by atoms with Crippen LogP contribution in [0.2, 0.25) is 5.02 Å².